The Morgan fingerprint density at radius 3 is 2.86 bits per heavy atom. The molecule has 1 aromatic carbocycles. The molecule has 2 N–H and O–H groups in total. The van der Waals surface area contributed by atoms with E-state index in [1.54, 1.807) is 24.3 Å². The number of aliphatic carboxylic acids is 1. The van der Waals surface area contributed by atoms with Crippen LogP contribution < -0.4 is 14.9 Å². The third kappa shape index (κ3) is 4.79. The summed E-state index contributed by atoms with van der Waals surface area (Å²) >= 11 is 0. The molecule has 1 rings (SSSR count). The van der Waals surface area contributed by atoms with Crippen molar-refractivity contribution in [3.05, 3.63) is 23.8 Å². The fourth-order valence-electron chi connectivity index (χ4n) is 1.43. The molecule has 0 fully saturated rings. The van der Waals surface area contributed by atoms with Crippen molar-refractivity contribution in [2.24, 2.45) is 5.10 Å². The smallest absolute Gasteiger partial charge is 0.344 e. The quantitative estimate of drug-likeness (QED) is 0.570. The second kappa shape index (κ2) is 8.26. The van der Waals surface area contributed by atoms with Crippen LogP contribution in [0.25, 0.3) is 0 Å². The molecule has 0 heterocycles. The molecule has 1 aromatic rings. The van der Waals surface area contributed by atoms with Crippen LogP contribution in [0, 0.1) is 11.3 Å². The summed E-state index contributed by atoms with van der Waals surface area (Å²) in [6.45, 7) is 1.38. The van der Waals surface area contributed by atoms with E-state index in [0.29, 0.717) is 11.3 Å². The predicted octanol–water partition coefficient (Wildman–Crippen LogP) is 0.911. The Balaban J connectivity index is 2.98. The van der Waals surface area contributed by atoms with Crippen LogP contribution in [0.15, 0.2) is 23.3 Å². The summed E-state index contributed by atoms with van der Waals surface area (Å²) in [5, 5.41) is 21.0. The Morgan fingerprint density at radius 1 is 1.55 bits per heavy atom. The lowest BCUT2D eigenvalue weighted by molar-refractivity contribution is -0.144. The van der Waals surface area contributed by atoms with Gasteiger partial charge in [-0.3, -0.25) is 4.79 Å². The third-order valence-corrected chi connectivity index (χ3v) is 2.50. The van der Waals surface area contributed by atoms with Gasteiger partial charge in [-0.1, -0.05) is 6.07 Å². The Morgan fingerprint density at radius 2 is 2.27 bits per heavy atom. The van der Waals surface area contributed by atoms with Crippen LogP contribution >= 0.6 is 0 Å². The number of carbonyl (C=O) groups excluding carboxylic acids is 1. The van der Waals surface area contributed by atoms with E-state index < -0.39 is 18.0 Å². The molecule has 116 valence electrons. The van der Waals surface area contributed by atoms with Crippen molar-refractivity contribution in [3.8, 4) is 17.6 Å². The van der Waals surface area contributed by atoms with Crippen LogP contribution in [-0.4, -0.2) is 36.4 Å². The predicted molar refractivity (Wildman–Crippen MR) is 76.7 cm³/mol. The van der Waals surface area contributed by atoms with Crippen molar-refractivity contribution >= 4 is 18.1 Å². The number of carbonyl (C=O) groups is 2. The van der Waals surface area contributed by atoms with Gasteiger partial charge in [0.25, 0.3) is 5.91 Å². The zero-order valence-electron chi connectivity index (χ0n) is 12.1. The minimum atomic E-state index is -1.13. The molecule has 0 aliphatic rings. The van der Waals surface area contributed by atoms with Gasteiger partial charge in [-0.25, -0.2) is 10.2 Å². The third-order valence-electron chi connectivity index (χ3n) is 2.50. The number of rotatable bonds is 7. The van der Waals surface area contributed by atoms with E-state index in [-0.39, 0.29) is 12.2 Å². The first-order chi connectivity index (χ1) is 10.5. The number of nitriles is 1. The number of benzene rings is 1. The highest BCUT2D eigenvalue weighted by Gasteiger charge is 2.17. The first-order valence-corrected chi connectivity index (χ1v) is 6.25. The highest BCUT2D eigenvalue weighted by molar-refractivity contribution is 5.87. The number of nitrogens with one attached hydrogen (secondary N) is 1. The Bertz CT molecular complexity index is 621. The molecule has 8 nitrogen and oxygen atoms in total. The summed E-state index contributed by atoms with van der Waals surface area (Å²) < 4.78 is 10.5. The topological polar surface area (TPSA) is 121 Å². The first kappa shape index (κ1) is 17.0. The van der Waals surface area contributed by atoms with Crippen molar-refractivity contribution in [1.29, 1.82) is 5.26 Å². The van der Waals surface area contributed by atoms with Gasteiger partial charge in [-0.05, 0) is 19.1 Å². The molecule has 0 saturated heterocycles. The summed E-state index contributed by atoms with van der Waals surface area (Å²) in [6, 6.07) is 6.57. The number of nitrogens with zero attached hydrogens (tertiary/aromatic N) is 2. The minimum absolute atomic E-state index is 0.193. The molecule has 22 heavy (non-hydrogen) atoms. The molecule has 0 bridgehead atoms. The maximum atomic E-state index is 11.1. The second-order valence-electron chi connectivity index (χ2n) is 4.11. The van der Waals surface area contributed by atoms with Crippen LogP contribution in [-0.2, 0) is 9.59 Å². The van der Waals surface area contributed by atoms with E-state index in [4.69, 9.17) is 19.8 Å². The van der Waals surface area contributed by atoms with Gasteiger partial charge in [0.2, 0.25) is 0 Å². The number of hydrogen-bond donors (Lipinski definition) is 2. The number of para-hydroxylation sites is 1. The molecular weight excluding hydrogens is 290 g/mol. The van der Waals surface area contributed by atoms with E-state index in [1.807, 2.05) is 0 Å². The fraction of sp³-hybridized carbons (Fsp3) is 0.286. The lowest BCUT2D eigenvalue weighted by Crippen LogP contribution is -2.23. The average molecular weight is 305 g/mol. The largest absolute Gasteiger partial charge is 0.493 e. The molecular formula is C14H15N3O5. The van der Waals surface area contributed by atoms with Crippen molar-refractivity contribution in [1.82, 2.24) is 5.43 Å². The monoisotopic (exact) mass is 305 g/mol. The van der Waals surface area contributed by atoms with Crippen molar-refractivity contribution in [2.75, 3.05) is 7.11 Å². The standard InChI is InChI=1S/C14H15N3O5/c1-9(14(19)20)22-13-10(4-3-5-11(13)21-2)8-16-17-12(18)6-7-15/h3-5,8-9H,6H2,1-2H3,(H,17,18)(H,19,20)/b16-8-/t9-/m1/s1. The average Bonchev–Trinajstić information content (AvgIpc) is 2.48. The van der Waals surface area contributed by atoms with Gasteiger partial charge >= 0.3 is 5.97 Å². The molecule has 1 amide bonds. The molecule has 0 saturated carbocycles. The van der Waals surface area contributed by atoms with E-state index in [9.17, 15) is 9.59 Å². The number of amides is 1. The molecule has 8 heteroatoms. The highest BCUT2D eigenvalue weighted by atomic mass is 16.5. The molecule has 1 atom stereocenters. The number of carboxylic acid groups (broad SMARTS) is 1. The molecule has 0 aliphatic carbocycles. The van der Waals surface area contributed by atoms with Crippen molar-refractivity contribution in [3.63, 3.8) is 0 Å². The summed E-state index contributed by atoms with van der Waals surface area (Å²) in [7, 11) is 1.42. The van der Waals surface area contributed by atoms with Gasteiger partial charge in [0.15, 0.2) is 17.6 Å². The van der Waals surface area contributed by atoms with Gasteiger partial charge in [0.05, 0.1) is 19.4 Å². The van der Waals surface area contributed by atoms with Crippen molar-refractivity contribution in [2.45, 2.75) is 19.4 Å². The van der Waals surface area contributed by atoms with E-state index in [1.165, 1.54) is 20.2 Å². The number of carboxylic acids is 1. The molecule has 0 aromatic heterocycles. The van der Waals surface area contributed by atoms with Gasteiger partial charge in [0, 0.05) is 5.56 Å². The molecule has 0 spiro atoms. The number of hydrogen-bond acceptors (Lipinski definition) is 6. The summed E-state index contributed by atoms with van der Waals surface area (Å²) in [5.74, 6) is -1.15. The Kier molecular flexibility index (Phi) is 6.37. The maximum Gasteiger partial charge on any atom is 0.344 e. The molecule has 0 unspecified atom stereocenters. The van der Waals surface area contributed by atoms with Crippen LogP contribution in [0.4, 0.5) is 0 Å². The lowest BCUT2D eigenvalue weighted by Gasteiger charge is -2.15. The van der Waals surface area contributed by atoms with Gasteiger partial charge < -0.3 is 14.6 Å². The van der Waals surface area contributed by atoms with E-state index in [2.05, 4.69) is 10.5 Å². The minimum Gasteiger partial charge on any atom is -0.493 e. The first-order valence-electron chi connectivity index (χ1n) is 6.25. The second-order valence-corrected chi connectivity index (χ2v) is 4.11. The Hall–Kier alpha value is -3.08. The normalized spacial score (nSPS) is 11.5. The summed E-state index contributed by atoms with van der Waals surface area (Å²) in [6.07, 6.45) is -0.118. The highest BCUT2D eigenvalue weighted by Crippen LogP contribution is 2.31. The summed E-state index contributed by atoms with van der Waals surface area (Å²) in [4.78, 5) is 22.0. The zero-order valence-corrected chi connectivity index (χ0v) is 12.1. The summed E-state index contributed by atoms with van der Waals surface area (Å²) in [5.41, 5.74) is 2.59. The van der Waals surface area contributed by atoms with Crippen LogP contribution in [0.1, 0.15) is 18.9 Å². The number of hydrazone groups is 1. The number of ether oxygens (including phenoxy) is 2. The van der Waals surface area contributed by atoms with Gasteiger partial charge in [-0.15, -0.1) is 0 Å². The maximum absolute atomic E-state index is 11.1. The van der Waals surface area contributed by atoms with Crippen LogP contribution in [0.2, 0.25) is 0 Å². The van der Waals surface area contributed by atoms with Gasteiger partial charge in [0.1, 0.15) is 6.42 Å². The number of methoxy groups -OCH3 is 1. The molecule has 0 aliphatic heterocycles. The molecule has 0 radical (unpaired) electrons. The van der Waals surface area contributed by atoms with E-state index >= 15 is 0 Å². The van der Waals surface area contributed by atoms with Crippen molar-refractivity contribution < 1.29 is 24.2 Å². The zero-order chi connectivity index (χ0) is 16.5. The lowest BCUT2D eigenvalue weighted by atomic mass is 10.2. The van der Waals surface area contributed by atoms with Gasteiger partial charge in [-0.2, -0.15) is 10.4 Å². The van der Waals surface area contributed by atoms with Crippen LogP contribution in [0.5, 0.6) is 11.5 Å². The SMILES string of the molecule is COc1cccc(/C=N\NC(=O)CC#N)c1O[C@H](C)C(=O)O. The van der Waals surface area contributed by atoms with Crippen LogP contribution in [0.3, 0.4) is 0 Å². The van der Waals surface area contributed by atoms with E-state index in [0.717, 1.165) is 0 Å². The Labute approximate surface area is 127 Å². The fourth-order valence-corrected chi connectivity index (χ4v) is 1.43.